The zero-order valence-electron chi connectivity index (χ0n) is 7.89. The van der Waals surface area contributed by atoms with Gasteiger partial charge in [0.05, 0.1) is 5.69 Å². The van der Waals surface area contributed by atoms with Crippen LogP contribution in [0.1, 0.15) is 6.92 Å². The molecule has 0 aliphatic heterocycles. The maximum atomic E-state index is 10.8. The van der Waals surface area contributed by atoms with Crippen LogP contribution in [0, 0.1) is 0 Å². The third-order valence-electron chi connectivity index (χ3n) is 1.61. The molecule has 0 radical (unpaired) electrons. The third kappa shape index (κ3) is 4.11. The molecular formula is C8H11N2NaO4S. The zero-order chi connectivity index (χ0) is 11.6. The molecule has 0 fully saturated rings. The van der Waals surface area contributed by atoms with Gasteiger partial charge in [0.1, 0.15) is 4.90 Å². The van der Waals surface area contributed by atoms with Gasteiger partial charge in [-0.25, -0.2) is 0 Å². The molecule has 16 heavy (non-hydrogen) atoms. The molecule has 0 bridgehead atoms. The number of amides is 1. The fourth-order valence-corrected chi connectivity index (χ4v) is 1.66. The molecule has 0 aliphatic carbocycles. The van der Waals surface area contributed by atoms with Gasteiger partial charge in [-0.15, -0.1) is 0 Å². The minimum atomic E-state index is -4.32. The Labute approximate surface area is 115 Å². The molecule has 6 nitrogen and oxygen atoms in total. The number of nitrogens with one attached hydrogen (secondary N) is 1. The van der Waals surface area contributed by atoms with Gasteiger partial charge in [-0.1, -0.05) is 0 Å². The molecule has 8 heteroatoms. The van der Waals surface area contributed by atoms with Crippen molar-refractivity contribution in [3.63, 3.8) is 0 Å². The van der Waals surface area contributed by atoms with E-state index in [0.29, 0.717) is 5.69 Å². The van der Waals surface area contributed by atoms with Crippen molar-refractivity contribution in [1.82, 2.24) is 0 Å². The van der Waals surface area contributed by atoms with E-state index in [0.717, 1.165) is 6.07 Å². The van der Waals surface area contributed by atoms with Crippen LogP contribution in [0.25, 0.3) is 0 Å². The number of carbonyl (C=O) groups is 1. The Balaban J connectivity index is 0.00000225. The molecular weight excluding hydrogens is 243 g/mol. The van der Waals surface area contributed by atoms with Crippen molar-refractivity contribution in [1.29, 1.82) is 0 Å². The topological polar surface area (TPSA) is 109 Å². The van der Waals surface area contributed by atoms with Crippen molar-refractivity contribution in [3.8, 4) is 0 Å². The Hall–Kier alpha value is -0.600. The Morgan fingerprint density at radius 2 is 2.00 bits per heavy atom. The van der Waals surface area contributed by atoms with Gasteiger partial charge in [0.15, 0.2) is 0 Å². The van der Waals surface area contributed by atoms with E-state index >= 15 is 0 Å². The van der Waals surface area contributed by atoms with Crippen LogP contribution < -0.4 is 11.1 Å². The number of carbonyl (C=O) groups excluding carboxylic acids is 1. The van der Waals surface area contributed by atoms with E-state index in [1.165, 1.54) is 19.1 Å². The number of nitrogens with two attached hydrogens (primary N) is 1. The summed E-state index contributed by atoms with van der Waals surface area (Å²) in [6, 6.07) is 3.71. The summed E-state index contributed by atoms with van der Waals surface area (Å²) >= 11 is 0. The molecule has 84 valence electrons. The van der Waals surface area contributed by atoms with Crippen LogP contribution in [0.5, 0.6) is 0 Å². The van der Waals surface area contributed by atoms with Crippen LogP contribution in [-0.4, -0.2) is 48.4 Å². The second-order valence-electron chi connectivity index (χ2n) is 2.91. The molecule has 0 unspecified atom stereocenters. The van der Waals surface area contributed by atoms with Crippen molar-refractivity contribution < 1.29 is 17.8 Å². The first-order valence-electron chi connectivity index (χ1n) is 3.95. The quantitative estimate of drug-likeness (QED) is 0.385. The summed E-state index contributed by atoms with van der Waals surface area (Å²) in [7, 11) is -4.32. The van der Waals surface area contributed by atoms with Crippen molar-refractivity contribution in [2.45, 2.75) is 11.8 Å². The van der Waals surface area contributed by atoms with Crippen LogP contribution in [0.2, 0.25) is 0 Å². The van der Waals surface area contributed by atoms with Gasteiger partial charge in [0, 0.05) is 12.6 Å². The van der Waals surface area contributed by atoms with Crippen LogP contribution in [-0.2, 0) is 14.9 Å². The molecule has 1 aromatic rings. The summed E-state index contributed by atoms with van der Waals surface area (Å²) in [5.74, 6) is -0.297. The predicted octanol–water partition coefficient (Wildman–Crippen LogP) is -0.175. The van der Waals surface area contributed by atoms with E-state index < -0.39 is 10.1 Å². The monoisotopic (exact) mass is 254 g/mol. The van der Waals surface area contributed by atoms with Crippen molar-refractivity contribution >= 4 is 57.0 Å². The predicted molar refractivity (Wildman–Crippen MR) is 62.1 cm³/mol. The van der Waals surface area contributed by atoms with E-state index in [9.17, 15) is 13.2 Å². The van der Waals surface area contributed by atoms with Gasteiger partial charge in [0.25, 0.3) is 10.1 Å². The fraction of sp³-hybridized carbons (Fsp3) is 0.125. The third-order valence-corrected chi connectivity index (χ3v) is 2.54. The first kappa shape index (κ1) is 15.4. The number of nitrogen functional groups attached to an aromatic ring is 1. The summed E-state index contributed by atoms with van der Waals surface area (Å²) < 4.78 is 30.3. The second kappa shape index (κ2) is 5.65. The molecule has 0 saturated carbocycles. The first-order valence-corrected chi connectivity index (χ1v) is 5.39. The fourth-order valence-electron chi connectivity index (χ4n) is 1.06. The Bertz CT molecular complexity index is 501. The summed E-state index contributed by atoms with van der Waals surface area (Å²) in [5.41, 5.74) is 5.64. The first-order chi connectivity index (χ1) is 6.80. The van der Waals surface area contributed by atoms with Gasteiger partial charge in [-0.05, 0) is 18.2 Å². The van der Waals surface area contributed by atoms with Crippen LogP contribution in [0.15, 0.2) is 23.1 Å². The van der Waals surface area contributed by atoms with Crippen molar-refractivity contribution in [2.75, 3.05) is 11.1 Å². The summed E-state index contributed by atoms with van der Waals surface area (Å²) in [4.78, 5) is 10.3. The molecule has 0 atom stereocenters. The number of benzene rings is 1. The molecule has 0 spiro atoms. The Morgan fingerprint density at radius 3 is 2.38 bits per heavy atom. The molecule has 4 N–H and O–H groups in total. The Morgan fingerprint density at radius 1 is 1.44 bits per heavy atom. The van der Waals surface area contributed by atoms with Crippen LogP contribution in [0.4, 0.5) is 11.4 Å². The van der Waals surface area contributed by atoms with E-state index in [1.807, 2.05) is 0 Å². The molecule has 0 aromatic heterocycles. The number of anilines is 2. The average molecular weight is 254 g/mol. The average Bonchev–Trinajstić information content (AvgIpc) is 1.99. The van der Waals surface area contributed by atoms with E-state index in [1.54, 1.807) is 0 Å². The number of hydrogen-bond acceptors (Lipinski definition) is 4. The van der Waals surface area contributed by atoms with Gasteiger partial charge in [-0.3, -0.25) is 9.35 Å². The SMILES string of the molecule is CC(=O)Nc1ccc(S(=O)(=O)O)c(N)c1.[NaH]. The summed E-state index contributed by atoms with van der Waals surface area (Å²) in [6.45, 7) is 1.31. The summed E-state index contributed by atoms with van der Waals surface area (Å²) in [5, 5.41) is 2.43. The molecule has 1 amide bonds. The van der Waals surface area contributed by atoms with Gasteiger partial charge >= 0.3 is 29.6 Å². The minimum absolute atomic E-state index is 0. The van der Waals surface area contributed by atoms with Gasteiger partial charge in [0.2, 0.25) is 5.91 Å². The molecule has 1 rings (SSSR count). The number of rotatable bonds is 2. The maximum absolute atomic E-state index is 10.8. The summed E-state index contributed by atoms with van der Waals surface area (Å²) in [6.07, 6.45) is 0. The second-order valence-corrected chi connectivity index (χ2v) is 4.30. The normalized spacial score (nSPS) is 10.4. The Kier molecular flexibility index (Phi) is 5.43. The standard InChI is InChI=1S/C8H10N2O4S.Na.H/c1-5(11)10-6-2-3-8(7(9)4-6)15(12,13)14;;/h2-4H,9H2,1H3,(H,10,11)(H,12,13,14);;. The van der Waals surface area contributed by atoms with Crippen molar-refractivity contribution in [3.05, 3.63) is 18.2 Å². The van der Waals surface area contributed by atoms with Gasteiger partial charge < -0.3 is 11.1 Å². The van der Waals surface area contributed by atoms with E-state index in [4.69, 9.17) is 10.3 Å². The molecule has 0 heterocycles. The number of hydrogen-bond donors (Lipinski definition) is 3. The van der Waals surface area contributed by atoms with Crippen LogP contribution in [0.3, 0.4) is 0 Å². The molecule has 1 aromatic carbocycles. The van der Waals surface area contributed by atoms with Crippen molar-refractivity contribution in [2.24, 2.45) is 0 Å². The van der Waals surface area contributed by atoms with E-state index in [2.05, 4.69) is 5.32 Å². The van der Waals surface area contributed by atoms with E-state index in [-0.39, 0.29) is 46.0 Å². The molecule has 0 saturated heterocycles. The molecule has 0 aliphatic rings. The zero-order valence-corrected chi connectivity index (χ0v) is 8.71. The van der Waals surface area contributed by atoms with Gasteiger partial charge in [-0.2, -0.15) is 8.42 Å². The van der Waals surface area contributed by atoms with Crippen LogP contribution >= 0.6 is 0 Å².